The van der Waals surface area contributed by atoms with Gasteiger partial charge in [-0.25, -0.2) is 4.98 Å². The molecule has 2 rings (SSSR count). The zero-order chi connectivity index (χ0) is 15.2. The first-order chi connectivity index (χ1) is 10.1. The summed E-state index contributed by atoms with van der Waals surface area (Å²) in [6, 6.07) is 0. The fourth-order valence-corrected chi connectivity index (χ4v) is 1.69. The third-order valence-corrected chi connectivity index (χ3v) is 2.64. The Kier molecular flexibility index (Phi) is 4.95. The number of likely N-dealkylation sites (N-methyl/N-ethyl adjacent to an activating group) is 1. The topological polar surface area (TPSA) is 114 Å². The molecule has 0 aliphatic carbocycles. The van der Waals surface area contributed by atoms with Crippen molar-refractivity contribution in [2.45, 2.75) is 6.10 Å². The fourth-order valence-electron chi connectivity index (χ4n) is 1.69. The molecule has 0 aliphatic heterocycles. The van der Waals surface area contributed by atoms with Gasteiger partial charge in [0.2, 0.25) is 11.9 Å². The molecule has 114 valence electrons. The molecular formula is C11H18N8O2. The second-order valence-corrected chi connectivity index (χ2v) is 4.34. The summed E-state index contributed by atoms with van der Waals surface area (Å²) in [6.07, 6.45) is 2.26. The van der Waals surface area contributed by atoms with E-state index in [9.17, 15) is 5.11 Å². The highest BCUT2D eigenvalue weighted by molar-refractivity contribution is 5.39. The van der Waals surface area contributed by atoms with E-state index in [2.05, 4.69) is 30.4 Å². The number of hydrogen-bond acceptors (Lipinski definition) is 9. The van der Waals surface area contributed by atoms with Gasteiger partial charge < -0.3 is 20.1 Å². The number of aliphatic hydroxyl groups is 1. The highest BCUT2D eigenvalue weighted by Gasteiger charge is 2.14. The lowest BCUT2D eigenvalue weighted by Gasteiger charge is -2.20. The van der Waals surface area contributed by atoms with Crippen molar-refractivity contribution in [2.24, 2.45) is 0 Å². The van der Waals surface area contributed by atoms with Gasteiger partial charge >= 0.3 is 0 Å². The first-order valence-corrected chi connectivity index (χ1v) is 6.31. The van der Waals surface area contributed by atoms with Crippen LogP contribution >= 0.6 is 0 Å². The van der Waals surface area contributed by atoms with Crippen LogP contribution in [0.15, 0.2) is 12.7 Å². The Labute approximate surface area is 121 Å². The van der Waals surface area contributed by atoms with Crippen LogP contribution < -0.4 is 10.2 Å². The first-order valence-electron chi connectivity index (χ1n) is 6.31. The van der Waals surface area contributed by atoms with Crippen LogP contribution in [-0.4, -0.2) is 75.3 Å². The standard InChI is InChI=1S/C11H18N8O2/c1-12-9-15-10(18(2)4-8(20)5-21-3)17-11(16-9)19-7-13-6-14-19/h6-8,20H,4-5H2,1-3H3,(H,12,15,16,17). The average molecular weight is 294 g/mol. The molecule has 2 heterocycles. The van der Waals surface area contributed by atoms with Crippen LogP contribution in [0.2, 0.25) is 0 Å². The van der Waals surface area contributed by atoms with E-state index < -0.39 is 6.10 Å². The predicted octanol–water partition coefficient (Wildman–Crippen LogP) is -1.06. The minimum atomic E-state index is -0.635. The van der Waals surface area contributed by atoms with E-state index in [1.807, 2.05) is 0 Å². The molecule has 0 saturated carbocycles. The lowest BCUT2D eigenvalue weighted by molar-refractivity contribution is 0.0693. The Morgan fingerprint density at radius 1 is 1.43 bits per heavy atom. The monoisotopic (exact) mass is 294 g/mol. The van der Waals surface area contributed by atoms with Crippen LogP contribution in [0.3, 0.4) is 0 Å². The van der Waals surface area contributed by atoms with Gasteiger partial charge in [-0.3, -0.25) is 0 Å². The van der Waals surface area contributed by atoms with E-state index in [1.165, 1.54) is 24.4 Å². The van der Waals surface area contributed by atoms with Crippen molar-refractivity contribution in [3.8, 4) is 5.95 Å². The van der Waals surface area contributed by atoms with Gasteiger partial charge in [0.05, 0.1) is 12.7 Å². The minimum absolute atomic E-state index is 0.240. The number of nitrogens with one attached hydrogen (secondary N) is 1. The van der Waals surface area contributed by atoms with Gasteiger partial charge in [-0.1, -0.05) is 0 Å². The molecule has 0 aromatic carbocycles. The number of anilines is 2. The Bertz CT molecular complexity index is 561. The number of aromatic nitrogens is 6. The van der Waals surface area contributed by atoms with E-state index in [0.29, 0.717) is 24.4 Å². The summed E-state index contributed by atoms with van der Waals surface area (Å²) in [7, 11) is 5.02. The number of methoxy groups -OCH3 is 1. The molecule has 2 aromatic rings. The minimum Gasteiger partial charge on any atom is -0.389 e. The normalized spacial score (nSPS) is 12.2. The molecule has 2 aromatic heterocycles. The maximum Gasteiger partial charge on any atom is 0.258 e. The molecule has 0 aliphatic rings. The van der Waals surface area contributed by atoms with Crippen LogP contribution in [0.25, 0.3) is 5.95 Å². The van der Waals surface area contributed by atoms with Gasteiger partial charge in [-0.2, -0.15) is 24.7 Å². The lowest BCUT2D eigenvalue weighted by Crippen LogP contribution is -2.33. The van der Waals surface area contributed by atoms with Crippen molar-refractivity contribution in [1.82, 2.24) is 29.7 Å². The number of ether oxygens (including phenoxy) is 1. The molecule has 1 atom stereocenters. The van der Waals surface area contributed by atoms with E-state index in [1.54, 1.807) is 19.0 Å². The molecule has 0 bridgehead atoms. The zero-order valence-corrected chi connectivity index (χ0v) is 12.1. The Balaban J connectivity index is 2.24. The molecule has 0 fully saturated rings. The molecule has 10 nitrogen and oxygen atoms in total. The van der Waals surface area contributed by atoms with E-state index in [4.69, 9.17) is 4.74 Å². The zero-order valence-electron chi connectivity index (χ0n) is 12.1. The summed E-state index contributed by atoms with van der Waals surface area (Å²) in [4.78, 5) is 18.3. The molecule has 21 heavy (non-hydrogen) atoms. The van der Waals surface area contributed by atoms with Gasteiger partial charge in [0.1, 0.15) is 12.7 Å². The third kappa shape index (κ3) is 3.83. The summed E-state index contributed by atoms with van der Waals surface area (Å²) in [5.41, 5.74) is 0. The van der Waals surface area contributed by atoms with Crippen LogP contribution in [0.5, 0.6) is 0 Å². The van der Waals surface area contributed by atoms with E-state index in [0.717, 1.165) is 0 Å². The number of hydrogen-bond donors (Lipinski definition) is 2. The van der Waals surface area contributed by atoms with Crippen molar-refractivity contribution >= 4 is 11.9 Å². The maximum absolute atomic E-state index is 9.78. The summed E-state index contributed by atoms with van der Waals surface area (Å²) in [5.74, 6) is 1.16. The Morgan fingerprint density at radius 3 is 2.86 bits per heavy atom. The van der Waals surface area contributed by atoms with Gasteiger partial charge in [-0.05, 0) is 0 Å². The maximum atomic E-state index is 9.78. The molecule has 0 amide bonds. The molecule has 0 spiro atoms. The van der Waals surface area contributed by atoms with E-state index in [-0.39, 0.29) is 6.61 Å². The third-order valence-electron chi connectivity index (χ3n) is 2.64. The van der Waals surface area contributed by atoms with Crippen molar-refractivity contribution < 1.29 is 9.84 Å². The summed E-state index contributed by atoms with van der Waals surface area (Å²) >= 11 is 0. The van der Waals surface area contributed by atoms with E-state index >= 15 is 0 Å². The second kappa shape index (κ2) is 6.90. The van der Waals surface area contributed by atoms with Gasteiger partial charge in [0, 0.05) is 27.7 Å². The first kappa shape index (κ1) is 15.1. The van der Waals surface area contributed by atoms with Crippen LogP contribution in [0.4, 0.5) is 11.9 Å². The predicted molar refractivity (Wildman–Crippen MR) is 75.4 cm³/mol. The smallest absolute Gasteiger partial charge is 0.258 e. The summed E-state index contributed by atoms with van der Waals surface area (Å²) < 4.78 is 6.34. The average Bonchev–Trinajstić information content (AvgIpc) is 3.01. The quantitative estimate of drug-likeness (QED) is 0.659. The van der Waals surface area contributed by atoms with Gasteiger partial charge in [-0.15, -0.1) is 0 Å². The molecule has 2 N–H and O–H groups in total. The van der Waals surface area contributed by atoms with Gasteiger partial charge in [0.25, 0.3) is 5.95 Å². The summed E-state index contributed by atoms with van der Waals surface area (Å²) in [5, 5.41) is 16.6. The molecular weight excluding hydrogens is 276 g/mol. The van der Waals surface area contributed by atoms with Crippen molar-refractivity contribution in [3.63, 3.8) is 0 Å². The summed E-state index contributed by atoms with van der Waals surface area (Å²) in [6.45, 7) is 0.571. The Hall–Kier alpha value is -2.33. The number of aliphatic hydroxyl groups excluding tert-OH is 1. The number of nitrogens with zero attached hydrogens (tertiary/aromatic N) is 7. The Morgan fingerprint density at radius 2 is 2.24 bits per heavy atom. The molecule has 10 heteroatoms. The SMILES string of the molecule is CNc1nc(N(C)CC(O)COC)nc(-n2cncn2)n1. The van der Waals surface area contributed by atoms with Crippen molar-refractivity contribution in [3.05, 3.63) is 12.7 Å². The molecule has 1 unspecified atom stereocenters. The van der Waals surface area contributed by atoms with Crippen molar-refractivity contribution in [1.29, 1.82) is 0 Å². The number of rotatable bonds is 7. The van der Waals surface area contributed by atoms with Gasteiger partial charge in [0.15, 0.2) is 0 Å². The molecule has 0 radical (unpaired) electrons. The molecule has 0 saturated heterocycles. The lowest BCUT2D eigenvalue weighted by atomic mass is 10.3. The second-order valence-electron chi connectivity index (χ2n) is 4.34. The fraction of sp³-hybridized carbons (Fsp3) is 0.545. The van der Waals surface area contributed by atoms with Crippen molar-refractivity contribution in [2.75, 3.05) is 44.6 Å². The highest BCUT2D eigenvalue weighted by atomic mass is 16.5. The van der Waals surface area contributed by atoms with Crippen LogP contribution in [-0.2, 0) is 4.74 Å². The van der Waals surface area contributed by atoms with Crippen LogP contribution in [0, 0.1) is 0 Å². The highest BCUT2D eigenvalue weighted by Crippen LogP contribution is 2.11. The van der Waals surface area contributed by atoms with Crippen LogP contribution in [0.1, 0.15) is 0 Å². The largest absolute Gasteiger partial charge is 0.389 e.